The Morgan fingerprint density at radius 1 is 1.15 bits per heavy atom. The molecule has 0 saturated heterocycles. The molecule has 136 valence electrons. The van der Waals surface area contributed by atoms with Crippen LogP contribution < -0.4 is 10.1 Å². The van der Waals surface area contributed by atoms with Gasteiger partial charge in [0.25, 0.3) is 5.91 Å². The van der Waals surface area contributed by atoms with E-state index in [1.54, 1.807) is 36.6 Å². The van der Waals surface area contributed by atoms with Crippen LogP contribution in [0.15, 0.2) is 66.0 Å². The van der Waals surface area contributed by atoms with E-state index in [4.69, 9.17) is 4.74 Å². The molecule has 4 rings (SSSR count). The van der Waals surface area contributed by atoms with E-state index in [0.29, 0.717) is 5.69 Å². The first-order valence-electron chi connectivity index (χ1n) is 8.40. The number of rotatable bonds is 5. The summed E-state index contributed by atoms with van der Waals surface area (Å²) >= 11 is 1.54. The maximum absolute atomic E-state index is 13.3. The van der Waals surface area contributed by atoms with E-state index in [2.05, 4.69) is 10.3 Å². The van der Waals surface area contributed by atoms with Gasteiger partial charge in [-0.3, -0.25) is 4.79 Å². The van der Waals surface area contributed by atoms with Crippen LogP contribution in [0.1, 0.15) is 27.0 Å². The van der Waals surface area contributed by atoms with Crippen LogP contribution in [0.4, 0.5) is 4.39 Å². The molecule has 4 nitrogen and oxygen atoms in total. The number of benzene rings is 2. The van der Waals surface area contributed by atoms with Crippen LogP contribution >= 0.6 is 11.3 Å². The molecule has 2 heterocycles. The van der Waals surface area contributed by atoms with Crippen LogP contribution in [0, 0.1) is 5.82 Å². The number of methoxy groups -OCH3 is 1. The number of fused-ring (bicyclic) bond motifs is 1. The molecule has 0 saturated carbocycles. The molecular formula is C21H17FN2O2S. The Hall–Kier alpha value is -3.12. The van der Waals surface area contributed by atoms with Crippen LogP contribution in [-0.2, 0) is 0 Å². The quantitative estimate of drug-likeness (QED) is 0.518. The molecule has 2 N–H and O–H groups in total. The lowest BCUT2D eigenvalue weighted by Crippen LogP contribution is -2.29. The van der Waals surface area contributed by atoms with Crippen LogP contribution in [0.3, 0.4) is 0 Å². The maximum atomic E-state index is 13.3. The number of aromatic amines is 1. The number of hydrogen-bond donors (Lipinski definition) is 2. The lowest BCUT2D eigenvalue weighted by Gasteiger charge is -2.17. The van der Waals surface area contributed by atoms with Crippen molar-refractivity contribution < 1.29 is 13.9 Å². The largest absolute Gasteiger partial charge is 0.497 e. The third-order valence-corrected chi connectivity index (χ3v) is 5.32. The van der Waals surface area contributed by atoms with Gasteiger partial charge in [-0.15, -0.1) is 11.3 Å². The number of carbonyl (C=O) groups is 1. The first kappa shape index (κ1) is 17.3. The highest BCUT2D eigenvalue weighted by Crippen LogP contribution is 2.27. The predicted molar refractivity (Wildman–Crippen MR) is 105 cm³/mol. The highest BCUT2D eigenvalue weighted by atomic mass is 32.1. The van der Waals surface area contributed by atoms with Crippen molar-refractivity contribution in [1.29, 1.82) is 0 Å². The normalized spacial score (nSPS) is 12.1. The second kappa shape index (κ2) is 7.25. The molecule has 6 heteroatoms. The molecule has 0 aliphatic carbocycles. The van der Waals surface area contributed by atoms with Gasteiger partial charge in [0, 0.05) is 21.8 Å². The van der Waals surface area contributed by atoms with Gasteiger partial charge in [0.2, 0.25) is 0 Å². The zero-order valence-corrected chi connectivity index (χ0v) is 15.3. The molecule has 0 aliphatic heterocycles. The number of hydrogen-bond acceptors (Lipinski definition) is 3. The molecule has 4 aromatic rings. The van der Waals surface area contributed by atoms with Crippen molar-refractivity contribution >= 4 is 28.1 Å². The minimum atomic E-state index is -0.348. The number of aromatic nitrogens is 1. The highest BCUT2D eigenvalue weighted by molar-refractivity contribution is 7.10. The van der Waals surface area contributed by atoms with Gasteiger partial charge in [-0.25, -0.2) is 4.39 Å². The average Bonchev–Trinajstić information content (AvgIpc) is 3.35. The van der Waals surface area contributed by atoms with Crippen LogP contribution in [0.2, 0.25) is 0 Å². The lowest BCUT2D eigenvalue weighted by molar-refractivity contribution is 0.0939. The van der Waals surface area contributed by atoms with Gasteiger partial charge in [0.05, 0.1) is 13.2 Å². The van der Waals surface area contributed by atoms with Crippen molar-refractivity contribution in [3.8, 4) is 5.75 Å². The first-order valence-corrected chi connectivity index (χ1v) is 9.28. The van der Waals surface area contributed by atoms with E-state index in [-0.39, 0.29) is 17.8 Å². The Labute approximate surface area is 159 Å². The van der Waals surface area contributed by atoms with E-state index in [1.165, 1.54) is 12.1 Å². The fourth-order valence-corrected chi connectivity index (χ4v) is 3.80. The summed E-state index contributed by atoms with van der Waals surface area (Å²) < 4.78 is 18.5. The summed E-state index contributed by atoms with van der Waals surface area (Å²) in [4.78, 5) is 17.0. The fourth-order valence-electron chi connectivity index (χ4n) is 2.99. The number of halogens is 1. The van der Waals surface area contributed by atoms with Crippen LogP contribution in [0.25, 0.3) is 10.9 Å². The Morgan fingerprint density at radius 2 is 1.96 bits per heavy atom. The Bertz CT molecular complexity index is 1070. The zero-order chi connectivity index (χ0) is 18.8. The minimum absolute atomic E-state index is 0.229. The third-order valence-electron chi connectivity index (χ3n) is 4.38. The summed E-state index contributed by atoms with van der Waals surface area (Å²) in [6.07, 6.45) is 0. The van der Waals surface area contributed by atoms with Gasteiger partial charge in [0.15, 0.2) is 0 Å². The third kappa shape index (κ3) is 3.57. The van der Waals surface area contributed by atoms with Gasteiger partial charge in [-0.2, -0.15) is 0 Å². The van der Waals surface area contributed by atoms with Crippen molar-refractivity contribution in [3.05, 3.63) is 88.0 Å². The van der Waals surface area contributed by atoms with Crippen LogP contribution in [0.5, 0.6) is 5.75 Å². The van der Waals surface area contributed by atoms with Gasteiger partial charge in [-0.1, -0.05) is 18.2 Å². The standard InChI is InChI=1S/C21H17FN2O2S/c1-26-16-9-6-14-11-18(23-17(14)12-16)21(25)24-20(19-3-2-10-27-19)13-4-7-15(22)8-5-13/h2-12,20,23H,1H3,(H,24,25). The summed E-state index contributed by atoms with van der Waals surface area (Å²) in [7, 11) is 1.60. The average molecular weight is 380 g/mol. The second-order valence-electron chi connectivity index (χ2n) is 6.11. The molecule has 0 fully saturated rings. The Kier molecular flexibility index (Phi) is 4.64. The van der Waals surface area contributed by atoms with E-state index < -0.39 is 0 Å². The van der Waals surface area contributed by atoms with E-state index in [0.717, 1.165) is 27.1 Å². The van der Waals surface area contributed by atoms with E-state index in [9.17, 15) is 9.18 Å². The van der Waals surface area contributed by atoms with Gasteiger partial charge < -0.3 is 15.0 Å². The summed E-state index contributed by atoms with van der Waals surface area (Å²) in [5.41, 5.74) is 2.11. The molecule has 0 spiro atoms. The van der Waals surface area contributed by atoms with Crippen molar-refractivity contribution in [2.24, 2.45) is 0 Å². The molecule has 1 atom stereocenters. The molecule has 2 aromatic carbocycles. The van der Waals surface area contributed by atoms with E-state index >= 15 is 0 Å². The van der Waals surface area contributed by atoms with Crippen molar-refractivity contribution in [3.63, 3.8) is 0 Å². The second-order valence-corrected chi connectivity index (χ2v) is 7.09. The topological polar surface area (TPSA) is 54.1 Å². The first-order chi connectivity index (χ1) is 13.1. The number of nitrogens with one attached hydrogen (secondary N) is 2. The van der Waals surface area contributed by atoms with Gasteiger partial charge >= 0.3 is 0 Å². The summed E-state index contributed by atoms with van der Waals surface area (Å²) in [6, 6.07) is 17.1. The van der Waals surface area contributed by atoms with Crippen molar-refractivity contribution in [2.45, 2.75) is 6.04 Å². The van der Waals surface area contributed by atoms with Crippen LogP contribution in [-0.4, -0.2) is 18.0 Å². The number of ether oxygens (including phenoxy) is 1. The molecular weight excluding hydrogens is 363 g/mol. The van der Waals surface area contributed by atoms with Crippen molar-refractivity contribution in [2.75, 3.05) is 7.11 Å². The molecule has 1 amide bonds. The summed E-state index contributed by atoms with van der Waals surface area (Å²) in [6.45, 7) is 0. The maximum Gasteiger partial charge on any atom is 0.268 e. The fraction of sp³-hybridized carbons (Fsp3) is 0.0952. The minimum Gasteiger partial charge on any atom is -0.497 e. The number of thiophene rings is 1. The molecule has 0 aliphatic rings. The molecule has 27 heavy (non-hydrogen) atoms. The number of H-pyrrole nitrogens is 1. The SMILES string of the molecule is COc1ccc2cc(C(=O)NC(c3ccc(F)cc3)c3cccs3)[nH]c2c1. The summed E-state index contributed by atoms with van der Waals surface area (Å²) in [5, 5.41) is 5.93. The molecule has 0 bridgehead atoms. The molecule has 2 aromatic heterocycles. The van der Waals surface area contributed by atoms with E-state index in [1.807, 2.05) is 35.7 Å². The van der Waals surface area contributed by atoms with Crippen molar-refractivity contribution in [1.82, 2.24) is 10.3 Å². The van der Waals surface area contributed by atoms with Gasteiger partial charge in [-0.05, 0) is 47.3 Å². The predicted octanol–water partition coefficient (Wildman–Crippen LogP) is 4.90. The number of amides is 1. The molecule has 0 radical (unpaired) electrons. The zero-order valence-electron chi connectivity index (χ0n) is 14.5. The Balaban J connectivity index is 1.64. The Morgan fingerprint density at radius 3 is 2.67 bits per heavy atom. The monoisotopic (exact) mass is 380 g/mol. The lowest BCUT2D eigenvalue weighted by atomic mass is 10.1. The number of carbonyl (C=O) groups excluding carboxylic acids is 1. The highest BCUT2D eigenvalue weighted by Gasteiger charge is 2.20. The molecule has 1 unspecified atom stereocenters. The summed E-state index contributed by atoms with van der Waals surface area (Å²) in [5.74, 6) is 0.187. The van der Waals surface area contributed by atoms with Gasteiger partial charge in [0.1, 0.15) is 17.3 Å². The smallest absolute Gasteiger partial charge is 0.268 e.